The van der Waals surface area contributed by atoms with Crippen molar-refractivity contribution in [3.63, 3.8) is 0 Å². The zero-order chi connectivity index (χ0) is 12.5. The van der Waals surface area contributed by atoms with E-state index in [1.807, 2.05) is 4.90 Å². The number of β-lactam (4-membered cyclic amide) rings is 1. The third kappa shape index (κ3) is 1.98. The molecular weight excluding hydrogens is 226 g/mol. The van der Waals surface area contributed by atoms with Gasteiger partial charge in [-0.1, -0.05) is 38.5 Å². The number of rotatable bonds is 2. The van der Waals surface area contributed by atoms with Crippen molar-refractivity contribution in [2.45, 2.75) is 76.3 Å². The highest BCUT2D eigenvalue weighted by Gasteiger charge is 2.52. The summed E-state index contributed by atoms with van der Waals surface area (Å²) in [6.45, 7) is 0. The van der Waals surface area contributed by atoms with Gasteiger partial charge in [0.05, 0.1) is 0 Å². The predicted molar refractivity (Wildman–Crippen MR) is 69.1 cm³/mol. The Bertz CT molecular complexity index is 306. The third-order valence-corrected chi connectivity index (χ3v) is 5.08. The van der Waals surface area contributed by atoms with Crippen LogP contribution in [0.15, 0.2) is 0 Å². The SMILES string of the molecule is O=C1C(=O)N(C2CCCCC2)C1C1CCCCC1. The van der Waals surface area contributed by atoms with Crippen molar-refractivity contribution >= 4 is 11.7 Å². The fourth-order valence-electron chi connectivity index (χ4n) is 4.08. The maximum absolute atomic E-state index is 11.9. The Morgan fingerprint density at radius 3 is 1.94 bits per heavy atom. The second-order valence-electron chi connectivity index (χ2n) is 6.21. The summed E-state index contributed by atoms with van der Waals surface area (Å²) in [4.78, 5) is 25.8. The number of hydrogen-bond donors (Lipinski definition) is 0. The van der Waals surface area contributed by atoms with Gasteiger partial charge in [-0.3, -0.25) is 9.59 Å². The number of carbonyl (C=O) groups is 2. The summed E-state index contributed by atoms with van der Waals surface area (Å²) in [7, 11) is 0. The second-order valence-corrected chi connectivity index (χ2v) is 6.21. The molecule has 0 aromatic heterocycles. The molecule has 0 radical (unpaired) electrons. The first-order valence-corrected chi connectivity index (χ1v) is 7.65. The molecule has 3 fully saturated rings. The van der Waals surface area contributed by atoms with E-state index < -0.39 is 0 Å². The molecule has 1 aliphatic heterocycles. The summed E-state index contributed by atoms with van der Waals surface area (Å²) in [5.41, 5.74) is 0. The normalized spacial score (nSPS) is 31.6. The van der Waals surface area contributed by atoms with Crippen LogP contribution in [-0.2, 0) is 9.59 Å². The Balaban J connectivity index is 1.70. The Kier molecular flexibility index (Phi) is 3.40. The first-order chi connectivity index (χ1) is 8.79. The van der Waals surface area contributed by atoms with Crippen molar-refractivity contribution in [2.75, 3.05) is 0 Å². The molecule has 0 aromatic carbocycles. The highest BCUT2D eigenvalue weighted by atomic mass is 16.2. The van der Waals surface area contributed by atoms with Crippen LogP contribution >= 0.6 is 0 Å². The van der Waals surface area contributed by atoms with Gasteiger partial charge in [0.25, 0.3) is 5.91 Å². The molecule has 1 unspecified atom stereocenters. The van der Waals surface area contributed by atoms with Crippen LogP contribution in [0.1, 0.15) is 64.2 Å². The van der Waals surface area contributed by atoms with E-state index >= 15 is 0 Å². The second kappa shape index (κ2) is 5.02. The molecule has 0 spiro atoms. The lowest BCUT2D eigenvalue weighted by atomic mass is 9.76. The number of ketones is 1. The fourth-order valence-corrected chi connectivity index (χ4v) is 4.08. The molecule has 3 heteroatoms. The fraction of sp³-hybridized carbons (Fsp3) is 0.867. The molecule has 1 heterocycles. The first kappa shape index (κ1) is 12.2. The summed E-state index contributed by atoms with van der Waals surface area (Å²) in [6.07, 6.45) is 12.0. The summed E-state index contributed by atoms with van der Waals surface area (Å²) in [5.74, 6) is 0.191. The minimum Gasteiger partial charge on any atom is -0.322 e. The molecule has 3 nitrogen and oxygen atoms in total. The maximum atomic E-state index is 11.9. The number of amides is 1. The van der Waals surface area contributed by atoms with E-state index in [1.54, 1.807) is 0 Å². The van der Waals surface area contributed by atoms with Crippen molar-refractivity contribution < 1.29 is 9.59 Å². The Hall–Kier alpha value is -0.860. The highest BCUT2D eigenvalue weighted by molar-refractivity contribution is 6.44. The minimum absolute atomic E-state index is 0.0408. The van der Waals surface area contributed by atoms with E-state index in [1.165, 1.54) is 38.5 Å². The van der Waals surface area contributed by atoms with E-state index in [4.69, 9.17) is 0 Å². The van der Waals surface area contributed by atoms with Crippen LogP contribution in [-0.4, -0.2) is 28.7 Å². The highest BCUT2D eigenvalue weighted by Crippen LogP contribution is 2.37. The van der Waals surface area contributed by atoms with Gasteiger partial charge in [0, 0.05) is 6.04 Å². The quantitative estimate of drug-likeness (QED) is 0.557. The summed E-state index contributed by atoms with van der Waals surface area (Å²) in [6, 6.07) is 0.330. The van der Waals surface area contributed by atoms with Gasteiger partial charge >= 0.3 is 0 Å². The molecule has 1 amide bonds. The standard InChI is InChI=1S/C15H23NO2/c17-14-13(11-7-3-1-4-8-11)16(15(14)18)12-9-5-2-6-10-12/h11-13H,1-10H2. The molecule has 2 saturated carbocycles. The molecule has 0 bridgehead atoms. The smallest absolute Gasteiger partial charge is 0.293 e. The molecule has 0 aromatic rings. The molecular formula is C15H23NO2. The molecule has 3 aliphatic rings. The molecule has 0 N–H and O–H groups in total. The van der Waals surface area contributed by atoms with Gasteiger partial charge in [-0.15, -0.1) is 0 Å². The first-order valence-electron chi connectivity index (χ1n) is 7.65. The van der Waals surface area contributed by atoms with Gasteiger partial charge in [0.1, 0.15) is 6.04 Å². The van der Waals surface area contributed by atoms with Gasteiger partial charge in [-0.2, -0.15) is 0 Å². The van der Waals surface area contributed by atoms with Crippen molar-refractivity contribution in [2.24, 2.45) is 5.92 Å². The van der Waals surface area contributed by atoms with Crippen molar-refractivity contribution in [3.05, 3.63) is 0 Å². The number of nitrogens with zero attached hydrogens (tertiary/aromatic N) is 1. The van der Waals surface area contributed by atoms with E-state index in [0.29, 0.717) is 12.0 Å². The number of likely N-dealkylation sites (tertiary alicyclic amines) is 1. The number of hydrogen-bond acceptors (Lipinski definition) is 2. The summed E-state index contributed by atoms with van der Waals surface area (Å²) in [5, 5.41) is 0. The Labute approximate surface area is 109 Å². The minimum atomic E-state index is -0.183. The zero-order valence-electron chi connectivity index (χ0n) is 11.1. The molecule has 100 valence electrons. The van der Waals surface area contributed by atoms with E-state index in [-0.39, 0.29) is 17.7 Å². The van der Waals surface area contributed by atoms with Crippen LogP contribution in [0.5, 0.6) is 0 Å². The van der Waals surface area contributed by atoms with E-state index in [0.717, 1.165) is 25.7 Å². The van der Waals surface area contributed by atoms with Crippen LogP contribution in [0.2, 0.25) is 0 Å². The van der Waals surface area contributed by atoms with Crippen LogP contribution in [0, 0.1) is 5.92 Å². The predicted octanol–water partition coefficient (Wildman–Crippen LogP) is 2.68. The lowest BCUT2D eigenvalue weighted by molar-refractivity contribution is -0.168. The van der Waals surface area contributed by atoms with Crippen LogP contribution < -0.4 is 0 Å². The third-order valence-electron chi connectivity index (χ3n) is 5.08. The monoisotopic (exact) mass is 249 g/mol. The number of Topliss-reactive ketones (excluding diaryl/α,β-unsaturated/α-hetero) is 1. The lowest BCUT2D eigenvalue weighted by Gasteiger charge is -2.49. The Morgan fingerprint density at radius 1 is 0.778 bits per heavy atom. The average Bonchev–Trinajstić information content (AvgIpc) is 2.45. The zero-order valence-corrected chi connectivity index (χ0v) is 11.1. The van der Waals surface area contributed by atoms with Gasteiger partial charge in [-0.05, 0) is 31.6 Å². The molecule has 1 saturated heterocycles. The average molecular weight is 249 g/mol. The summed E-state index contributed by atoms with van der Waals surface area (Å²) >= 11 is 0. The molecule has 18 heavy (non-hydrogen) atoms. The largest absolute Gasteiger partial charge is 0.322 e. The van der Waals surface area contributed by atoms with Crippen molar-refractivity contribution in [3.8, 4) is 0 Å². The summed E-state index contributed by atoms with van der Waals surface area (Å²) < 4.78 is 0. The van der Waals surface area contributed by atoms with Crippen LogP contribution in [0.3, 0.4) is 0 Å². The molecule has 2 aliphatic carbocycles. The van der Waals surface area contributed by atoms with Crippen molar-refractivity contribution in [1.82, 2.24) is 4.90 Å². The van der Waals surface area contributed by atoms with Crippen LogP contribution in [0.4, 0.5) is 0 Å². The molecule has 3 rings (SSSR count). The van der Waals surface area contributed by atoms with Gasteiger partial charge in [-0.25, -0.2) is 0 Å². The Morgan fingerprint density at radius 2 is 1.33 bits per heavy atom. The maximum Gasteiger partial charge on any atom is 0.293 e. The van der Waals surface area contributed by atoms with Gasteiger partial charge < -0.3 is 4.90 Å². The van der Waals surface area contributed by atoms with Crippen molar-refractivity contribution in [1.29, 1.82) is 0 Å². The lowest BCUT2D eigenvalue weighted by Crippen LogP contribution is -2.68. The van der Waals surface area contributed by atoms with Crippen LogP contribution in [0.25, 0.3) is 0 Å². The van der Waals surface area contributed by atoms with Gasteiger partial charge in [0.15, 0.2) is 0 Å². The van der Waals surface area contributed by atoms with E-state index in [9.17, 15) is 9.59 Å². The number of carbonyl (C=O) groups excluding carboxylic acids is 2. The van der Waals surface area contributed by atoms with E-state index in [2.05, 4.69) is 0 Å². The molecule has 1 atom stereocenters. The topological polar surface area (TPSA) is 37.4 Å². The van der Waals surface area contributed by atoms with Gasteiger partial charge in [0.2, 0.25) is 5.78 Å².